The summed E-state index contributed by atoms with van der Waals surface area (Å²) < 4.78 is 26.5. The first-order chi connectivity index (χ1) is 16.5. The van der Waals surface area contributed by atoms with Crippen molar-refractivity contribution in [3.63, 3.8) is 0 Å². The van der Waals surface area contributed by atoms with Crippen molar-refractivity contribution in [2.24, 2.45) is 0 Å². The molecule has 0 unspecified atom stereocenters. The SMILES string of the molecule is CC[C@H](C)NC(=O)[C@H](C)N(Cc1ccccc1)C(=O)CCCN(c1cccc(C)c1C)S(C)(=O)=O. The van der Waals surface area contributed by atoms with Gasteiger partial charge in [0.05, 0.1) is 11.9 Å². The van der Waals surface area contributed by atoms with E-state index in [1.165, 1.54) is 10.6 Å². The number of anilines is 1. The zero-order chi connectivity index (χ0) is 26.2. The molecule has 8 heteroatoms. The molecule has 0 spiro atoms. The number of nitrogens with zero attached hydrogens (tertiary/aromatic N) is 2. The van der Waals surface area contributed by atoms with Crippen LogP contribution in [0, 0.1) is 13.8 Å². The summed E-state index contributed by atoms with van der Waals surface area (Å²) in [5.74, 6) is -0.383. The lowest BCUT2D eigenvalue weighted by Crippen LogP contribution is -2.49. The zero-order valence-electron chi connectivity index (χ0n) is 21.7. The molecule has 2 aromatic rings. The Hall–Kier alpha value is -2.87. The molecule has 2 atom stereocenters. The Bertz CT molecular complexity index is 1100. The summed E-state index contributed by atoms with van der Waals surface area (Å²) in [4.78, 5) is 27.7. The quantitative estimate of drug-likeness (QED) is 0.473. The highest BCUT2D eigenvalue weighted by atomic mass is 32.2. The van der Waals surface area contributed by atoms with Gasteiger partial charge in [0.1, 0.15) is 6.04 Å². The Morgan fingerprint density at radius 2 is 1.66 bits per heavy atom. The van der Waals surface area contributed by atoms with Crippen LogP contribution in [0.15, 0.2) is 48.5 Å². The third-order valence-corrected chi connectivity index (χ3v) is 7.54. The van der Waals surface area contributed by atoms with Gasteiger partial charge in [-0.25, -0.2) is 8.42 Å². The van der Waals surface area contributed by atoms with Crippen LogP contribution in [0.25, 0.3) is 0 Å². The number of rotatable bonds is 12. The van der Waals surface area contributed by atoms with Gasteiger partial charge in [0, 0.05) is 25.6 Å². The first kappa shape index (κ1) is 28.4. The number of sulfonamides is 1. The van der Waals surface area contributed by atoms with Crippen molar-refractivity contribution in [2.75, 3.05) is 17.1 Å². The number of hydrogen-bond acceptors (Lipinski definition) is 4. The lowest BCUT2D eigenvalue weighted by molar-refractivity contribution is -0.140. The fraction of sp³-hybridized carbons (Fsp3) is 0.481. The summed E-state index contributed by atoms with van der Waals surface area (Å²) >= 11 is 0. The van der Waals surface area contributed by atoms with Crippen molar-refractivity contribution in [3.05, 3.63) is 65.2 Å². The Kier molecular flexibility index (Phi) is 10.3. The van der Waals surface area contributed by atoms with Crippen LogP contribution in [0.2, 0.25) is 0 Å². The summed E-state index contributed by atoms with van der Waals surface area (Å²) in [5.41, 5.74) is 3.45. The van der Waals surface area contributed by atoms with Crippen molar-refractivity contribution in [2.45, 2.75) is 72.5 Å². The average Bonchev–Trinajstić information content (AvgIpc) is 2.81. The predicted molar refractivity (Wildman–Crippen MR) is 142 cm³/mol. The molecule has 2 rings (SSSR count). The standard InChI is InChI=1S/C27H39N3O4S/c1-7-21(3)28-27(32)23(5)29(19-24-14-9-8-10-15-24)26(31)17-12-18-30(35(6,33)34)25-16-11-13-20(2)22(25)4/h8-11,13-16,21,23H,7,12,17-19H2,1-6H3,(H,28,32)/t21-,23-/m0/s1. The van der Waals surface area contributed by atoms with E-state index in [9.17, 15) is 18.0 Å². The number of carbonyl (C=O) groups is 2. The molecule has 7 nitrogen and oxygen atoms in total. The van der Waals surface area contributed by atoms with Crippen LogP contribution in [0.5, 0.6) is 0 Å². The number of nitrogens with one attached hydrogen (secondary N) is 1. The first-order valence-corrected chi connectivity index (χ1v) is 14.0. The average molecular weight is 502 g/mol. The highest BCUT2D eigenvalue weighted by Crippen LogP contribution is 2.25. The molecule has 0 aliphatic rings. The van der Waals surface area contributed by atoms with E-state index >= 15 is 0 Å². The van der Waals surface area contributed by atoms with Gasteiger partial charge in [-0.05, 0) is 63.3 Å². The Labute approximate surface area is 210 Å². The van der Waals surface area contributed by atoms with Gasteiger partial charge in [0.25, 0.3) is 0 Å². The second-order valence-electron chi connectivity index (χ2n) is 9.16. The van der Waals surface area contributed by atoms with Crippen molar-refractivity contribution >= 4 is 27.5 Å². The van der Waals surface area contributed by atoms with E-state index in [0.717, 1.165) is 23.1 Å². The van der Waals surface area contributed by atoms with E-state index in [1.54, 1.807) is 17.9 Å². The number of amides is 2. The van der Waals surface area contributed by atoms with Crippen molar-refractivity contribution < 1.29 is 18.0 Å². The molecule has 0 aliphatic carbocycles. The maximum absolute atomic E-state index is 13.3. The van der Waals surface area contributed by atoms with Crippen LogP contribution in [0.4, 0.5) is 5.69 Å². The smallest absolute Gasteiger partial charge is 0.242 e. The second-order valence-corrected chi connectivity index (χ2v) is 11.1. The molecule has 2 aromatic carbocycles. The number of carbonyl (C=O) groups excluding carboxylic acids is 2. The predicted octanol–water partition coefficient (Wildman–Crippen LogP) is 4.18. The lowest BCUT2D eigenvalue weighted by atomic mass is 10.1. The van der Waals surface area contributed by atoms with Crippen molar-refractivity contribution in [1.82, 2.24) is 10.2 Å². The van der Waals surface area contributed by atoms with E-state index in [-0.39, 0.29) is 30.8 Å². The summed E-state index contributed by atoms with van der Waals surface area (Å²) in [6.07, 6.45) is 2.44. The fourth-order valence-corrected chi connectivity index (χ4v) is 4.83. The zero-order valence-corrected chi connectivity index (χ0v) is 22.6. The molecule has 0 fully saturated rings. The van der Waals surface area contributed by atoms with Gasteiger partial charge in [-0.15, -0.1) is 0 Å². The first-order valence-electron chi connectivity index (χ1n) is 12.1. The number of hydrogen-bond donors (Lipinski definition) is 1. The van der Waals surface area contributed by atoms with Gasteiger partial charge in [-0.3, -0.25) is 13.9 Å². The van der Waals surface area contributed by atoms with Crippen LogP contribution in [-0.2, 0) is 26.2 Å². The molecule has 0 aliphatic heterocycles. The monoisotopic (exact) mass is 501 g/mol. The largest absolute Gasteiger partial charge is 0.352 e. The molecule has 1 N–H and O–H groups in total. The molecule has 35 heavy (non-hydrogen) atoms. The Balaban J connectivity index is 2.18. The van der Waals surface area contributed by atoms with Gasteiger partial charge in [0.2, 0.25) is 21.8 Å². The molecule has 2 amide bonds. The summed E-state index contributed by atoms with van der Waals surface area (Å²) in [6, 6.07) is 14.5. The highest BCUT2D eigenvalue weighted by molar-refractivity contribution is 7.92. The van der Waals surface area contributed by atoms with Gasteiger partial charge >= 0.3 is 0 Å². The van der Waals surface area contributed by atoms with Crippen LogP contribution < -0.4 is 9.62 Å². The minimum atomic E-state index is -3.53. The van der Waals surface area contributed by atoms with Gasteiger partial charge < -0.3 is 10.2 Å². The maximum atomic E-state index is 13.3. The van der Waals surface area contributed by atoms with Crippen molar-refractivity contribution in [3.8, 4) is 0 Å². The van der Waals surface area contributed by atoms with E-state index in [1.807, 2.05) is 70.2 Å². The molecular formula is C27H39N3O4S. The van der Waals surface area contributed by atoms with E-state index in [4.69, 9.17) is 0 Å². The third-order valence-electron chi connectivity index (χ3n) is 6.36. The number of benzene rings is 2. The van der Waals surface area contributed by atoms with Gasteiger partial charge in [-0.2, -0.15) is 0 Å². The lowest BCUT2D eigenvalue weighted by Gasteiger charge is -2.30. The molecule has 0 heterocycles. The highest BCUT2D eigenvalue weighted by Gasteiger charge is 2.27. The van der Waals surface area contributed by atoms with Crippen LogP contribution in [0.3, 0.4) is 0 Å². The van der Waals surface area contributed by atoms with Gasteiger partial charge in [0.15, 0.2) is 0 Å². The summed E-state index contributed by atoms with van der Waals surface area (Å²) in [6.45, 7) is 9.98. The molecule has 0 saturated heterocycles. The van der Waals surface area contributed by atoms with Crippen LogP contribution >= 0.6 is 0 Å². The minimum absolute atomic E-state index is 0.0134. The fourth-order valence-electron chi connectivity index (χ4n) is 3.82. The Morgan fingerprint density at radius 3 is 2.26 bits per heavy atom. The summed E-state index contributed by atoms with van der Waals surface area (Å²) in [7, 11) is -3.53. The normalized spacial score (nSPS) is 13.1. The van der Waals surface area contributed by atoms with Crippen LogP contribution in [-0.4, -0.2) is 50.0 Å². The van der Waals surface area contributed by atoms with Crippen molar-refractivity contribution in [1.29, 1.82) is 0 Å². The minimum Gasteiger partial charge on any atom is -0.352 e. The second kappa shape index (κ2) is 12.7. The Morgan fingerprint density at radius 1 is 1.00 bits per heavy atom. The summed E-state index contributed by atoms with van der Waals surface area (Å²) in [5, 5.41) is 2.96. The van der Waals surface area contributed by atoms with Gasteiger partial charge in [-0.1, -0.05) is 49.4 Å². The molecule has 192 valence electrons. The molecule has 0 saturated carbocycles. The van der Waals surface area contributed by atoms with Crippen LogP contribution in [0.1, 0.15) is 56.7 Å². The molecular weight excluding hydrogens is 462 g/mol. The molecule has 0 bridgehead atoms. The molecule has 0 radical (unpaired) electrons. The van der Waals surface area contributed by atoms with E-state index < -0.39 is 16.1 Å². The number of aryl methyl sites for hydroxylation is 1. The maximum Gasteiger partial charge on any atom is 0.242 e. The third kappa shape index (κ3) is 8.09. The topological polar surface area (TPSA) is 86.8 Å². The molecule has 0 aromatic heterocycles. The van der Waals surface area contributed by atoms with E-state index in [0.29, 0.717) is 18.7 Å². The van der Waals surface area contributed by atoms with E-state index in [2.05, 4.69) is 5.32 Å².